The van der Waals surface area contributed by atoms with E-state index in [9.17, 15) is 27.6 Å². The number of rotatable bonds is 1. The zero-order valence-electron chi connectivity index (χ0n) is 13.4. The van der Waals surface area contributed by atoms with Crippen LogP contribution in [0.4, 0.5) is 18.9 Å². The maximum Gasteiger partial charge on any atom is 0.416 e. The first-order chi connectivity index (χ1) is 11.5. The number of imide groups is 1. The van der Waals surface area contributed by atoms with Crippen molar-refractivity contribution in [2.75, 3.05) is 4.90 Å². The Morgan fingerprint density at radius 1 is 1.12 bits per heavy atom. The number of ketones is 1. The lowest BCUT2D eigenvalue weighted by Crippen LogP contribution is -2.46. The second-order valence-corrected chi connectivity index (χ2v) is 7.14. The van der Waals surface area contributed by atoms with Crippen molar-refractivity contribution in [2.45, 2.75) is 37.6 Å². The lowest BCUT2D eigenvalue weighted by Gasteiger charge is -2.26. The molecule has 0 aromatic heterocycles. The van der Waals surface area contributed by atoms with Gasteiger partial charge in [-0.15, -0.1) is 0 Å². The van der Waals surface area contributed by atoms with Gasteiger partial charge >= 0.3 is 6.18 Å². The van der Waals surface area contributed by atoms with Gasteiger partial charge in [0.05, 0.1) is 28.7 Å². The van der Waals surface area contributed by atoms with Gasteiger partial charge in [0, 0.05) is 6.42 Å². The van der Waals surface area contributed by atoms with E-state index in [-0.39, 0.29) is 17.9 Å². The summed E-state index contributed by atoms with van der Waals surface area (Å²) in [6, 6.07) is 4.06. The number of hydrogen-bond donors (Lipinski definition) is 0. The minimum absolute atomic E-state index is 0.0140. The summed E-state index contributed by atoms with van der Waals surface area (Å²) in [6.45, 7) is 3.08. The van der Waals surface area contributed by atoms with Crippen molar-refractivity contribution in [3.05, 3.63) is 29.8 Å². The summed E-state index contributed by atoms with van der Waals surface area (Å²) < 4.78 is 44.5. The van der Waals surface area contributed by atoms with Gasteiger partial charge in [0.15, 0.2) is 5.78 Å². The number of fused-ring (bicyclic) bond motifs is 5. The Morgan fingerprint density at radius 2 is 1.76 bits per heavy atom. The van der Waals surface area contributed by atoms with Crippen molar-refractivity contribution in [2.24, 2.45) is 11.8 Å². The summed E-state index contributed by atoms with van der Waals surface area (Å²) in [5.41, 5.74) is -3.59. The highest BCUT2D eigenvalue weighted by atomic mass is 19.4. The van der Waals surface area contributed by atoms with E-state index in [1.807, 2.05) is 0 Å². The fourth-order valence-corrected chi connectivity index (χ4v) is 4.40. The molecule has 3 heterocycles. The molecule has 2 bridgehead atoms. The van der Waals surface area contributed by atoms with Crippen LogP contribution in [0.25, 0.3) is 0 Å². The third kappa shape index (κ3) is 1.91. The standard InChI is InChI=1S/C17H14F3NO4/c1-15-7-10(22)16(2,25-15)12-11(15)13(23)21(14(12)24)9-5-3-4-8(6-9)17(18,19)20/h3-6,11-12H,7H2,1-2H3/t11-,12+,15?,16-/m1/s1. The molecule has 3 saturated heterocycles. The largest absolute Gasteiger partial charge is 0.416 e. The number of nitrogens with zero attached hydrogens (tertiary/aromatic N) is 1. The van der Waals surface area contributed by atoms with Crippen LogP contribution in [-0.4, -0.2) is 28.8 Å². The Labute approximate surface area is 140 Å². The van der Waals surface area contributed by atoms with E-state index in [2.05, 4.69) is 0 Å². The van der Waals surface area contributed by atoms with Crippen LogP contribution in [0.3, 0.4) is 0 Å². The second-order valence-electron chi connectivity index (χ2n) is 7.14. The smallest absolute Gasteiger partial charge is 0.359 e. The number of halogens is 3. The second kappa shape index (κ2) is 4.49. The van der Waals surface area contributed by atoms with E-state index >= 15 is 0 Å². The highest BCUT2D eigenvalue weighted by molar-refractivity contribution is 6.25. The Balaban J connectivity index is 1.79. The number of carbonyl (C=O) groups excluding carboxylic acids is 3. The molecule has 2 amide bonds. The van der Waals surface area contributed by atoms with Crippen LogP contribution in [0.1, 0.15) is 25.8 Å². The van der Waals surface area contributed by atoms with Gasteiger partial charge in [-0.2, -0.15) is 13.2 Å². The van der Waals surface area contributed by atoms with Crippen LogP contribution in [0.5, 0.6) is 0 Å². The summed E-state index contributed by atoms with van der Waals surface area (Å²) >= 11 is 0. The van der Waals surface area contributed by atoms with Crippen molar-refractivity contribution >= 4 is 23.3 Å². The Morgan fingerprint density at radius 3 is 2.40 bits per heavy atom. The van der Waals surface area contributed by atoms with E-state index in [0.717, 1.165) is 23.1 Å². The van der Waals surface area contributed by atoms with Gasteiger partial charge < -0.3 is 4.74 Å². The predicted octanol–water partition coefficient (Wildman–Crippen LogP) is 2.33. The molecule has 1 aromatic rings. The van der Waals surface area contributed by atoms with Gasteiger partial charge in [0.1, 0.15) is 5.60 Å². The molecule has 0 aliphatic carbocycles. The molecule has 4 rings (SSSR count). The lowest BCUT2D eigenvalue weighted by molar-refractivity contribution is -0.140. The molecule has 5 nitrogen and oxygen atoms in total. The molecule has 3 fully saturated rings. The molecule has 1 aromatic carbocycles. The minimum atomic E-state index is -4.59. The van der Waals surface area contributed by atoms with Crippen molar-refractivity contribution in [1.29, 1.82) is 0 Å². The van der Waals surface area contributed by atoms with Crippen LogP contribution in [0, 0.1) is 11.8 Å². The monoisotopic (exact) mass is 353 g/mol. The topological polar surface area (TPSA) is 63.7 Å². The van der Waals surface area contributed by atoms with Gasteiger partial charge in [-0.25, -0.2) is 4.90 Å². The first-order valence-corrected chi connectivity index (χ1v) is 7.77. The van der Waals surface area contributed by atoms with Gasteiger partial charge in [-0.3, -0.25) is 14.4 Å². The average Bonchev–Trinajstić information content (AvgIpc) is 3.00. The van der Waals surface area contributed by atoms with Crippen LogP contribution in [-0.2, 0) is 25.3 Å². The summed E-state index contributed by atoms with van der Waals surface area (Å²) in [5, 5.41) is 0. The molecule has 3 aliphatic rings. The fourth-order valence-electron chi connectivity index (χ4n) is 4.40. The molecule has 1 unspecified atom stereocenters. The average molecular weight is 353 g/mol. The quantitative estimate of drug-likeness (QED) is 0.727. The molecule has 8 heteroatoms. The van der Waals surface area contributed by atoms with E-state index in [4.69, 9.17) is 4.74 Å². The lowest BCUT2D eigenvalue weighted by atomic mass is 9.68. The number of hydrogen-bond acceptors (Lipinski definition) is 4. The highest BCUT2D eigenvalue weighted by Crippen LogP contribution is 2.59. The zero-order chi connectivity index (χ0) is 18.4. The minimum Gasteiger partial charge on any atom is -0.359 e. The highest BCUT2D eigenvalue weighted by Gasteiger charge is 2.76. The van der Waals surface area contributed by atoms with Gasteiger partial charge in [-0.05, 0) is 32.0 Å². The van der Waals surface area contributed by atoms with Crippen LogP contribution >= 0.6 is 0 Å². The summed E-state index contributed by atoms with van der Waals surface area (Å²) in [5.74, 6) is -3.43. The number of anilines is 1. The number of Topliss-reactive ketones (excluding diaryl/α,β-unsaturated/α-hetero) is 1. The maximum atomic E-state index is 12.9. The molecule has 0 spiro atoms. The van der Waals surface area contributed by atoms with Gasteiger partial charge in [-0.1, -0.05) is 6.07 Å². The van der Waals surface area contributed by atoms with Crippen LogP contribution < -0.4 is 4.90 Å². The van der Waals surface area contributed by atoms with E-state index in [1.165, 1.54) is 13.0 Å². The molecule has 0 saturated carbocycles. The van der Waals surface area contributed by atoms with Gasteiger partial charge in [0.25, 0.3) is 0 Å². The third-order valence-electron chi connectivity index (χ3n) is 5.50. The molecule has 132 valence electrons. The Hall–Kier alpha value is -2.22. The van der Waals surface area contributed by atoms with E-state index in [1.54, 1.807) is 6.92 Å². The Kier molecular flexibility index (Phi) is 2.92. The molecular weight excluding hydrogens is 339 g/mol. The van der Waals surface area contributed by atoms with E-state index < -0.39 is 46.6 Å². The summed E-state index contributed by atoms with van der Waals surface area (Å²) in [4.78, 5) is 38.7. The Bertz CT molecular complexity index is 835. The van der Waals surface area contributed by atoms with E-state index in [0.29, 0.717) is 0 Å². The maximum absolute atomic E-state index is 12.9. The number of alkyl halides is 3. The molecule has 3 aliphatic heterocycles. The summed E-state index contributed by atoms with van der Waals surface area (Å²) in [6.07, 6.45) is -4.58. The van der Waals surface area contributed by atoms with Crippen molar-refractivity contribution < 1.29 is 32.3 Å². The van der Waals surface area contributed by atoms with Crippen molar-refractivity contribution in [3.8, 4) is 0 Å². The molecule has 0 N–H and O–H groups in total. The zero-order valence-corrected chi connectivity index (χ0v) is 13.4. The number of ether oxygens (including phenoxy) is 1. The first-order valence-electron chi connectivity index (χ1n) is 7.77. The van der Waals surface area contributed by atoms with Crippen LogP contribution in [0.15, 0.2) is 24.3 Å². The SMILES string of the molecule is CC12CC(=O)[C@@](C)(O1)[C@@H]1C(=O)N(c3cccc(C(F)(F)F)c3)C(=O)[C@@H]12. The fraction of sp³-hybridized carbons (Fsp3) is 0.471. The molecule has 4 atom stereocenters. The predicted molar refractivity (Wildman–Crippen MR) is 78.4 cm³/mol. The molecule has 25 heavy (non-hydrogen) atoms. The normalized spacial score (nSPS) is 37.2. The number of benzene rings is 1. The van der Waals surface area contributed by atoms with Crippen LogP contribution in [0.2, 0.25) is 0 Å². The van der Waals surface area contributed by atoms with Gasteiger partial charge in [0.2, 0.25) is 11.8 Å². The molecule has 0 radical (unpaired) electrons. The number of carbonyl (C=O) groups is 3. The van der Waals surface area contributed by atoms with Crippen molar-refractivity contribution in [1.82, 2.24) is 0 Å². The third-order valence-corrected chi connectivity index (χ3v) is 5.50. The number of amides is 2. The van der Waals surface area contributed by atoms with Crippen molar-refractivity contribution in [3.63, 3.8) is 0 Å². The first kappa shape index (κ1) is 16.3. The molecular formula is C17H14F3NO4. The summed E-state index contributed by atoms with van der Waals surface area (Å²) in [7, 11) is 0.